The minimum absolute atomic E-state index is 0.107. The summed E-state index contributed by atoms with van der Waals surface area (Å²) in [5, 5.41) is 17.7. The SMILES string of the molecule is [2H]C([2H])([2H])C([2H])([2H])C([2H])([2H])CCCCC/C=C/CCCCCCCC(=O)OCC(O)CO. The van der Waals surface area contributed by atoms with Crippen LogP contribution >= 0.6 is 0 Å². The Bertz CT molecular complexity index is 537. The highest BCUT2D eigenvalue weighted by atomic mass is 16.5. The van der Waals surface area contributed by atoms with Gasteiger partial charge in [0.2, 0.25) is 0 Å². The number of carbonyl (C=O) groups is 1. The predicted octanol–water partition coefficient (Wildman–Crippen LogP) is 4.92. The molecular weight excluding hydrogens is 316 g/mol. The zero-order chi connectivity index (χ0) is 24.7. The Kier molecular flexibility index (Phi) is 11.1. The molecule has 0 spiro atoms. The van der Waals surface area contributed by atoms with Gasteiger partial charge >= 0.3 is 5.97 Å². The second-order valence-electron chi connectivity index (χ2n) is 6.20. The monoisotopic (exact) mass is 363 g/mol. The van der Waals surface area contributed by atoms with Crippen molar-refractivity contribution in [3.05, 3.63) is 12.2 Å². The molecule has 4 nitrogen and oxygen atoms in total. The maximum absolute atomic E-state index is 11.4. The Labute approximate surface area is 164 Å². The lowest BCUT2D eigenvalue weighted by molar-refractivity contribution is -0.147. The Morgan fingerprint density at radius 3 is 2.28 bits per heavy atom. The fourth-order valence-electron chi connectivity index (χ4n) is 2.33. The average molecular weight is 364 g/mol. The lowest BCUT2D eigenvalue weighted by Crippen LogP contribution is -2.21. The highest BCUT2D eigenvalue weighted by Crippen LogP contribution is 2.10. The minimum atomic E-state index is -2.98. The van der Waals surface area contributed by atoms with Crippen LogP contribution in [0.3, 0.4) is 0 Å². The van der Waals surface area contributed by atoms with Gasteiger partial charge in [-0.15, -0.1) is 0 Å². The van der Waals surface area contributed by atoms with Gasteiger partial charge in [0.05, 0.1) is 6.61 Å². The Balaban J connectivity index is 3.64. The molecule has 1 atom stereocenters. The van der Waals surface area contributed by atoms with Crippen molar-refractivity contribution in [1.82, 2.24) is 0 Å². The lowest BCUT2D eigenvalue weighted by atomic mass is 10.1. The molecule has 0 saturated carbocycles. The highest BCUT2D eigenvalue weighted by molar-refractivity contribution is 5.69. The molecule has 0 fully saturated rings. The molecule has 0 aromatic rings. The fourth-order valence-corrected chi connectivity index (χ4v) is 2.33. The number of allylic oxidation sites excluding steroid dienone is 2. The molecule has 2 N–H and O–H groups in total. The van der Waals surface area contributed by atoms with E-state index in [9.17, 15) is 4.79 Å². The van der Waals surface area contributed by atoms with Crippen molar-refractivity contribution in [2.24, 2.45) is 0 Å². The van der Waals surface area contributed by atoms with E-state index in [1.54, 1.807) is 0 Å². The largest absolute Gasteiger partial charge is 0.463 e. The molecule has 25 heavy (non-hydrogen) atoms. The van der Waals surface area contributed by atoms with Crippen molar-refractivity contribution in [2.45, 2.75) is 103 Å². The summed E-state index contributed by atoms with van der Waals surface area (Å²) < 4.78 is 57.1. The molecule has 0 aliphatic heterocycles. The quantitative estimate of drug-likeness (QED) is 0.206. The molecule has 0 aromatic heterocycles. The van der Waals surface area contributed by atoms with Crippen molar-refractivity contribution >= 4 is 5.97 Å². The zero-order valence-corrected chi connectivity index (χ0v) is 15.3. The molecule has 0 bridgehead atoms. The van der Waals surface area contributed by atoms with Crippen LogP contribution in [0.4, 0.5) is 0 Å². The van der Waals surface area contributed by atoms with Gasteiger partial charge in [-0.2, -0.15) is 0 Å². The van der Waals surface area contributed by atoms with Crippen LogP contribution in [0.15, 0.2) is 12.2 Å². The molecule has 0 rings (SSSR count). The molecule has 1 unspecified atom stereocenters. The van der Waals surface area contributed by atoms with Gasteiger partial charge in [-0.25, -0.2) is 0 Å². The van der Waals surface area contributed by atoms with Crippen LogP contribution in [-0.4, -0.2) is 35.5 Å². The Morgan fingerprint density at radius 2 is 1.64 bits per heavy atom. The van der Waals surface area contributed by atoms with Gasteiger partial charge < -0.3 is 14.9 Å². The number of hydrogen-bond donors (Lipinski definition) is 2. The smallest absolute Gasteiger partial charge is 0.305 e. The van der Waals surface area contributed by atoms with Crippen molar-refractivity contribution in [2.75, 3.05) is 13.2 Å². The van der Waals surface area contributed by atoms with E-state index < -0.39 is 32.3 Å². The normalized spacial score (nSPS) is 18.4. The molecule has 4 heteroatoms. The highest BCUT2D eigenvalue weighted by Gasteiger charge is 2.07. The fraction of sp³-hybridized carbons (Fsp3) is 0.857. The first-order valence-electron chi connectivity index (χ1n) is 12.9. The topological polar surface area (TPSA) is 66.8 Å². The van der Waals surface area contributed by atoms with E-state index in [4.69, 9.17) is 24.5 Å². The number of unbranched alkanes of at least 4 members (excludes halogenated alkanes) is 8. The van der Waals surface area contributed by atoms with Crippen molar-refractivity contribution < 1.29 is 29.3 Å². The minimum Gasteiger partial charge on any atom is -0.463 e. The molecule has 0 aliphatic rings. The van der Waals surface area contributed by atoms with E-state index in [1.165, 1.54) is 0 Å². The summed E-state index contributed by atoms with van der Waals surface area (Å²) in [6.07, 6.45) is 6.90. The van der Waals surface area contributed by atoms with E-state index in [0.29, 0.717) is 12.8 Å². The number of aliphatic hydroxyl groups excluding tert-OH is 2. The summed E-state index contributed by atoms with van der Waals surface area (Å²) >= 11 is 0. The van der Waals surface area contributed by atoms with Crippen LogP contribution in [0, 0.1) is 0 Å². The Morgan fingerprint density at radius 1 is 1.04 bits per heavy atom. The van der Waals surface area contributed by atoms with Crippen LogP contribution in [0.2, 0.25) is 0 Å². The number of esters is 1. The molecule has 0 aromatic carbocycles. The molecule has 148 valence electrons. The summed E-state index contributed by atoms with van der Waals surface area (Å²) in [5.74, 6) is -0.354. The maximum Gasteiger partial charge on any atom is 0.305 e. The van der Waals surface area contributed by atoms with Crippen LogP contribution < -0.4 is 0 Å². The number of hydrogen-bond acceptors (Lipinski definition) is 4. The van der Waals surface area contributed by atoms with Gasteiger partial charge in [-0.3, -0.25) is 4.79 Å². The molecule has 0 heterocycles. The van der Waals surface area contributed by atoms with Gasteiger partial charge in [0.1, 0.15) is 12.7 Å². The molecule has 0 amide bonds. The van der Waals surface area contributed by atoms with Gasteiger partial charge in [-0.1, -0.05) is 70.3 Å². The zero-order valence-electron chi connectivity index (χ0n) is 22.3. The first-order valence-corrected chi connectivity index (χ1v) is 9.44. The second kappa shape index (κ2) is 19.5. The summed E-state index contributed by atoms with van der Waals surface area (Å²) in [6.45, 7) is -3.57. The lowest BCUT2D eigenvalue weighted by Gasteiger charge is -2.08. The average Bonchev–Trinajstić information content (AvgIpc) is 2.71. The summed E-state index contributed by atoms with van der Waals surface area (Å²) in [6, 6.07) is 0. The van der Waals surface area contributed by atoms with Gasteiger partial charge in [-0.05, 0) is 32.1 Å². The van der Waals surface area contributed by atoms with Crippen molar-refractivity contribution in [3.63, 3.8) is 0 Å². The standard InChI is InChI=1S/C21H40O4/c1-2-3-4-5-6-7-8-9-10-11-12-13-14-15-16-17-21(24)25-19-20(23)18-22/h9-10,20,22-23H,2-8,11-19H2,1H3/b10-9+/i1D3,2D2,3D2. The third-order valence-electron chi connectivity index (χ3n) is 3.83. The van der Waals surface area contributed by atoms with Gasteiger partial charge in [0.15, 0.2) is 0 Å². The van der Waals surface area contributed by atoms with Gasteiger partial charge in [0.25, 0.3) is 0 Å². The first kappa shape index (κ1) is 14.2. The maximum atomic E-state index is 11.4. The summed E-state index contributed by atoms with van der Waals surface area (Å²) in [4.78, 5) is 11.4. The molecular formula is C21H40O4. The number of rotatable bonds is 18. The first-order chi connectivity index (χ1) is 14.8. The molecule has 0 radical (unpaired) electrons. The van der Waals surface area contributed by atoms with Crippen LogP contribution in [0.25, 0.3) is 0 Å². The third-order valence-corrected chi connectivity index (χ3v) is 3.83. The second-order valence-corrected chi connectivity index (χ2v) is 6.20. The number of carbonyl (C=O) groups excluding carboxylic acids is 1. The number of ether oxygens (including phenoxy) is 1. The van der Waals surface area contributed by atoms with Crippen molar-refractivity contribution in [3.8, 4) is 0 Å². The van der Waals surface area contributed by atoms with Gasteiger partial charge in [0, 0.05) is 16.0 Å². The van der Waals surface area contributed by atoms with E-state index in [-0.39, 0.29) is 19.0 Å². The van der Waals surface area contributed by atoms with Crippen LogP contribution in [0.5, 0.6) is 0 Å². The predicted molar refractivity (Wildman–Crippen MR) is 104 cm³/mol. The van der Waals surface area contributed by atoms with Crippen molar-refractivity contribution in [1.29, 1.82) is 0 Å². The van der Waals surface area contributed by atoms with E-state index in [1.807, 2.05) is 0 Å². The van der Waals surface area contributed by atoms with E-state index in [2.05, 4.69) is 12.2 Å². The molecule has 0 saturated heterocycles. The Hall–Kier alpha value is -0.870. The van der Waals surface area contributed by atoms with Crippen LogP contribution in [-0.2, 0) is 9.53 Å². The number of aliphatic hydroxyl groups is 2. The summed E-state index contributed by atoms with van der Waals surface area (Å²) in [5.41, 5.74) is 0. The molecule has 0 aliphatic carbocycles. The van der Waals surface area contributed by atoms with E-state index >= 15 is 0 Å². The van der Waals surface area contributed by atoms with E-state index in [0.717, 1.165) is 57.8 Å². The van der Waals surface area contributed by atoms with Crippen LogP contribution in [0.1, 0.15) is 106 Å². The third kappa shape index (κ3) is 19.3. The summed E-state index contributed by atoms with van der Waals surface area (Å²) in [7, 11) is 0.